The second kappa shape index (κ2) is 11.0. The van der Waals surface area contributed by atoms with E-state index in [-0.39, 0.29) is 29.4 Å². The van der Waals surface area contributed by atoms with Crippen molar-refractivity contribution in [3.05, 3.63) is 45.1 Å². The van der Waals surface area contributed by atoms with Gasteiger partial charge < -0.3 is 10.6 Å². The highest BCUT2D eigenvalue weighted by molar-refractivity contribution is 14.0. The molecule has 0 spiro atoms. The predicted octanol–water partition coefficient (Wildman–Crippen LogP) is 4.40. The van der Waals surface area contributed by atoms with Gasteiger partial charge in [-0.3, -0.25) is 0 Å². The van der Waals surface area contributed by atoms with Crippen molar-refractivity contribution in [1.82, 2.24) is 20.6 Å². The minimum atomic E-state index is 0. The van der Waals surface area contributed by atoms with E-state index in [1.54, 1.807) is 17.5 Å². The molecule has 0 atom stereocenters. The zero-order valence-corrected chi connectivity index (χ0v) is 19.6. The van der Waals surface area contributed by atoms with E-state index in [0.717, 1.165) is 41.7 Å². The van der Waals surface area contributed by atoms with Gasteiger partial charge in [0.15, 0.2) is 5.96 Å². The topological polar surface area (TPSA) is 62.2 Å². The van der Waals surface area contributed by atoms with Crippen LogP contribution in [0.4, 0.5) is 0 Å². The highest BCUT2D eigenvalue weighted by Gasteiger charge is 2.17. The summed E-state index contributed by atoms with van der Waals surface area (Å²) < 4.78 is 0. The van der Waals surface area contributed by atoms with Crippen molar-refractivity contribution < 1.29 is 0 Å². The van der Waals surface area contributed by atoms with E-state index in [2.05, 4.69) is 58.7 Å². The van der Waals surface area contributed by atoms with Gasteiger partial charge in [-0.1, -0.05) is 38.4 Å². The van der Waals surface area contributed by atoms with Crippen LogP contribution in [0.25, 0.3) is 0 Å². The first-order valence-electron chi connectivity index (χ1n) is 8.46. The highest BCUT2D eigenvalue weighted by atomic mass is 127. The molecule has 0 fully saturated rings. The fraction of sp³-hybridized carbons (Fsp3) is 0.500. The molecule has 0 aliphatic carbocycles. The van der Waals surface area contributed by atoms with E-state index >= 15 is 0 Å². The maximum atomic E-state index is 5.81. The molecule has 0 unspecified atom stereocenters. The molecule has 2 N–H and O–H groups in total. The van der Waals surface area contributed by atoms with Crippen molar-refractivity contribution >= 4 is 52.9 Å². The van der Waals surface area contributed by atoms with E-state index in [9.17, 15) is 0 Å². The molecule has 2 aromatic heterocycles. The lowest BCUT2D eigenvalue weighted by Gasteiger charge is -2.13. The van der Waals surface area contributed by atoms with Gasteiger partial charge in [0.1, 0.15) is 5.15 Å². The van der Waals surface area contributed by atoms with Crippen molar-refractivity contribution in [2.75, 3.05) is 13.1 Å². The molecule has 2 heterocycles. The summed E-state index contributed by atoms with van der Waals surface area (Å²) >= 11 is 7.50. The van der Waals surface area contributed by atoms with Crippen LogP contribution < -0.4 is 10.6 Å². The van der Waals surface area contributed by atoms with Gasteiger partial charge >= 0.3 is 0 Å². The van der Waals surface area contributed by atoms with Gasteiger partial charge in [-0.05, 0) is 25.0 Å². The molecule has 0 saturated heterocycles. The molecule has 0 amide bonds. The summed E-state index contributed by atoms with van der Waals surface area (Å²) in [6, 6.07) is 3.80. The van der Waals surface area contributed by atoms with E-state index in [1.807, 2.05) is 12.1 Å². The molecular weight excluding hydrogens is 481 g/mol. The molecule has 2 rings (SSSR count). The summed E-state index contributed by atoms with van der Waals surface area (Å²) in [5.74, 6) is 0.801. The average Bonchev–Trinajstić information content (AvgIpc) is 3.04. The molecule has 8 heteroatoms. The van der Waals surface area contributed by atoms with Gasteiger partial charge in [-0.15, -0.1) is 35.3 Å². The molecule has 0 saturated carbocycles. The minimum absolute atomic E-state index is 0. The third-order valence-corrected chi connectivity index (χ3v) is 4.97. The van der Waals surface area contributed by atoms with Crippen LogP contribution >= 0.6 is 46.9 Å². The number of aliphatic imine (C=N–C) groups is 1. The van der Waals surface area contributed by atoms with E-state index in [4.69, 9.17) is 11.6 Å². The van der Waals surface area contributed by atoms with Crippen LogP contribution in [0.15, 0.2) is 28.7 Å². The lowest BCUT2D eigenvalue weighted by Crippen LogP contribution is -2.38. The highest BCUT2D eigenvalue weighted by Crippen LogP contribution is 2.25. The van der Waals surface area contributed by atoms with Crippen LogP contribution in [0.1, 0.15) is 44.0 Å². The number of nitrogens with one attached hydrogen (secondary N) is 2. The van der Waals surface area contributed by atoms with Gasteiger partial charge in [0, 0.05) is 30.1 Å². The summed E-state index contributed by atoms with van der Waals surface area (Å²) in [4.78, 5) is 13.4. The Kier molecular flexibility index (Phi) is 9.81. The Morgan fingerprint density at radius 1 is 1.27 bits per heavy atom. The second-order valence-corrected chi connectivity index (χ2v) is 8.00. The summed E-state index contributed by atoms with van der Waals surface area (Å²) in [6.45, 7) is 10.8. The van der Waals surface area contributed by atoms with Crippen molar-refractivity contribution in [2.45, 2.75) is 46.1 Å². The molecule has 144 valence electrons. The SMILES string of the molecule is CCNC(=NCc1csc(C(C)(C)C)n1)NCCc1ccc(Cl)nc1.I. The quantitative estimate of drug-likeness (QED) is 0.263. The van der Waals surface area contributed by atoms with E-state index < -0.39 is 0 Å². The number of hydrogen-bond donors (Lipinski definition) is 2. The first kappa shape index (κ1) is 23.1. The van der Waals surface area contributed by atoms with Crippen LogP contribution in [-0.2, 0) is 18.4 Å². The van der Waals surface area contributed by atoms with Gasteiger partial charge in [-0.25, -0.2) is 15.0 Å². The molecule has 26 heavy (non-hydrogen) atoms. The molecule has 0 aromatic carbocycles. The Morgan fingerprint density at radius 3 is 2.62 bits per heavy atom. The Morgan fingerprint density at radius 2 is 2.04 bits per heavy atom. The third-order valence-electron chi connectivity index (χ3n) is 3.43. The van der Waals surface area contributed by atoms with Crippen LogP contribution in [0.2, 0.25) is 5.15 Å². The zero-order valence-electron chi connectivity index (χ0n) is 15.7. The fourth-order valence-corrected chi connectivity index (χ4v) is 3.12. The zero-order chi connectivity index (χ0) is 18.3. The fourth-order valence-electron chi connectivity index (χ4n) is 2.11. The van der Waals surface area contributed by atoms with Crippen molar-refractivity contribution in [3.63, 3.8) is 0 Å². The van der Waals surface area contributed by atoms with Gasteiger partial charge in [0.05, 0.1) is 17.2 Å². The van der Waals surface area contributed by atoms with Crippen LogP contribution in [0.3, 0.4) is 0 Å². The molecule has 0 bridgehead atoms. The Bertz CT molecular complexity index is 694. The van der Waals surface area contributed by atoms with Gasteiger partial charge in [0.2, 0.25) is 0 Å². The standard InChI is InChI=1S/C18H26ClN5S.HI/c1-5-20-17(21-9-8-13-6-7-15(19)22-10-13)23-11-14-12-25-16(24-14)18(2,3)4;/h6-7,10,12H,5,8-9,11H2,1-4H3,(H2,20,21,23);1H. The molecule has 2 aromatic rings. The van der Waals surface area contributed by atoms with Gasteiger partial charge in [-0.2, -0.15) is 0 Å². The molecular formula is C18H27ClIN5S. The van der Waals surface area contributed by atoms with Crippen LogP contribution in [0, 0.1) is 0 Å². The van der Waals surface area contributed by atoms with E-state index in [0.29, 0.717) is 11.7 Å². The number of aromatic nitrogens is 2. The normalized spacial score (nSPS) is 11.8. The van der Waals surface area contributed by atoms with Crippen LogP contribution in [-0.4, -0.2) is 29.0 Å². The lowest BCUT2D eigenvalue weighted by molar-refractivity contribution is 0.583. The summed E-state index contributed by atoms with van der Waals surface area (Å²) in [5, 5.41) is 10.4. The first-order valence-corrected chi connectivity index (χ1v) is 9.71. The molecule has 0 radical (unpaired) electrons. The summed E-state index contributed by atoms with van der Waals surface area (Å²) in [6.07, 6.45) is 2.66. The Balaban J connectivity index is 0.00000338. The third kappa shape index (κ3) is 7.75. The first-order chi connectivity index (χ1) is 11.9. The maximum Gasteiger partial charge on any atom is 0.191 e. The molecule has 5 nitrogen and oxygen atoms in total. The number of rotatable bonds is 6. The number of pyridine rings is 1. The monoisotopic (exact) mass is 507 g/mol. The van der Waals surface area contributed by atoms with Gasteiger partial charge in [0.25, 0.3) is 0 Å². The predicted molar refractivity (Wildman–Crippen MR) is 122 cm³/mol. The summed E-state index contributed by atoms with van der Waals surface area (Å²) in [5.41, 5.74) is 2.23. The second-order valence-electron chi connectivity index (χ2n) is 6.76. The van der Waals surface area contributed by atoms with Crippen molar-refractivity contribution in [3.8, 4) is 0 Å². The number of hydrogen-bond acceptors (Lipinski definition) is 4. The van der Waals surface area contributed by atoms with E-state index in [1.165, 1.54) is 0 Å². The largest absolute Gasteiger partial charge is 0.357 e. The number of thiazole rings is 1. The molecule has 0 aliphatic heterocycles. The lowest BCUT2D eigenvalue weighted by atomic mass is 9.98. The average molecular weight is 508 g/mol. The smallest absolute Gasteiger partial charge is 0.191 e. The molecule has 0 aliphatic rings. The minimum Gasteiger partial charge on any atom is -0.357 e. The number of halogens is 2. The van der Waals surface area contributed by atoms with Crippen molar-refractivity contribution in [1.29, 1.82) is 0 Å². The maximum absolute atomic E-state index is 5.81. The number of nitrogens with zero attached hydrogens (tertiary/aromatic N) is 3. The van der Waals surface area contributed by atoms with Crippen molar-refractivity contribution in [2.24, 2.45) is 4.99 Å². The Hall–Kier alpha value is -0.930. The Labute approximate surface area is 182 Å². The summed E-state index contributed by atoms with van der Waals surface area (Å²) in [7, 11) is 0. The number of guanidine groups is 1. The van der Waals surface area contributed by atoms with Crippen LogP contribution in [0.5, 0.6) is 0 Å².